The van der Waals surface area contributed by atoms with Crippen LogP contribution >= 0.6 is 0 Å². The van der Waals surface area contributed by atoms with Crippen molar-refractivity contribution in [3.05, 3.63) is 30.1 Å². The van der Waals surface area contributed by atoms with Gasteiger partial charge in [-0.1, -0.05) is 12.8 Å². The van der Waals surface area contributed by atoms with Crippen LogP contribution in [0.5, 0.6) is 0 Å². The van der Waals surface area contributed by atoms with Crippen LogP contribution in [-0.2, 0) is 0 Å². The van der Waals surface area contributed by atoms with Gasteiger partial charge in [0.25, 0.3) is 0 Å². The molecule has 0 bridgehead atoms. The highest BCUT2D eigenvalue weighted by Crippen LogP contribution is 2.29. The van der Waals surface area contributed by atoms with Crippen LogP contribution in [0.4, 0.5) is 0 Å². The first-order valence-electron chi connectivity index (χ1n) is 7.11. The number of nitrogens with zero attached hydrogens (tertiary/aromatic N) is 2. The number of rotatable bonds is 3. The number of likely N-dealkylation sites (tertiary alicyclic amines) is 1. The van der Waals surface area contributed by atoms with E-state index >= 15 is 0 Å². The Bertz CT molecular complexity index is 350. The van der Waals surface area contributed by atoms with E-state index in [2.05, 4.69) is 35.9 Å². The van der Waals surface area contributed by atoms with E-state index in [9.17, 15) is 0 Å². The van der Waals surface area contributed by atoms with Crippen molar-refractivity contribution in [3.63, 3.8) is 0 Å². The molecule has 3 heteroatoms. The second-order valence-corrected chi connectivity index (χ2v) is 5.52. The van der Waals surface area contributed by atoms with Crippen molar-refractivity contribution in [2.75, 3.05) is 6.54 Å². The van der Waals surface area contributed by atoms with Crippen molar-refractivity contribution in [2.45, 2.75) is 57.7 Å². The topological polar surface area (TPSA) is 42.1 Å². The summed E-state index contributed by atoms with van der Waals surface area (Å²) in [5, 5.41) is 0. The summed E-state index contributed by atoms with van der Waals surface area (Å²) < 4.78 is 0. The normalized spacial score (nSPS) is 25.4. The fraction of sp³-hybridized carbons (Fsp3) is 0.667. The van der Waals surface area contributed by atoms with Crippen LogP contribution < -0.4 is 5.73 Å². The molecule has 0 radical (unpaired) electrons. The molecule has 1 aliphatic rings. The molecule has 2 N–H and O–H groups in total. The van der Waals surface area contributed by atoms with Crippen LogP contribution in [0.1, 0.15) is 51.1 Å². The Kier molecular flexibility index (Phi) is 4.72. The maximum absolute atomic E-state index is 6.25. The molecule has 0 amide bonds. The highest BCUT2D eigenvalue weighted by Gasteiger charge is 2.28. The minimum atomic E-state index is 0.146. The Morgan fingerprint density at radius 2 is 2.00 bits per heavy atom. The molecule has 100 valence electrons. The quantitative estimate of drug-likeness (QED) is 0.893. The minimum Gasteiger partial charge on any atom is -0.326 e. The van der Waals surface area contributed by atoms with Crippen molar-refractivity contribution < 1.29 is 0 Å². The third-order valence-corrected chi connectivity index (χ3v) is 4.01. The summed E-state index contributed by atoms with van der Waals surface area (Å²) >= 11 is 0. The van der Waals surface area contributed by atoms with Gasteiger partial charge in [-0.2, -0.15) is 0 Å². The average Bonchev–Trinajstić information content (AvgIpc) is 2.56. The second-order valence-electron chi connectivity index (χ2n) is 5.52. The summed E-state index contributed by atoms with van der Waals surface area (Å²) in [7, 11) is 0. The van der Waals surface area contributed by atoms with Gasteiger partial charge in [0.2, 0.25) is 0 Å². The summed E-state index contributed by atoms with van der Waals surface area (Å²) in [6.07, 6.45) is 9.01. The largest absolute Gasteiger partial charge is 0.326 e. The van der Waals surface area contributed by atoms with E-state index in [-0.39, 0.29) is 6.04 Å². The van der Waals surface area contributed by atoms with E-state index < -0.39 is 0 Å². The molecule has 2 rings (SSSR count). The molecule has 1 aliphatic heterocycles. The van der Waals surface area contributed by atoms with E-state index in [4.69, 9.17) is 5.73 Å². The fourth-order valence-electron chi connectivity index (χ4n) is 3.07. The minimum absolute atomic E-state index is 0.146. The molecule has 0 saturated carbocycles. The molecule has 1 aromatic rings. The van der Waals surface area contributed by atoms with E-state index in [1.54, 1.807) is 0 Å². The van der Waals surface area contributed by atoms with Crippen LogP contribution in [0.25, 0.3) is 0 Å². The van der Waals surface area contributed by atoms with Gasteiger partial charge in [-0.25, -0.2) is 0 Å². The predicted molar refractivity (Wildman–Crippen MR) is 75.3 cm³/mol. The van der Waals surface area contributed by atoms with Crippen molar-refractivity contribution in [2.24, 2.45) is 5.73 Å². The monoisotopic (exact) mass is 247 g/mol. The van der Waals surface area contributed by atoms with E-state index in [1.165, 1.54) is 31.2 Å². The smallest absolute Gasteiger partial charge is 0.0500 e. The predicted octanol–water partition coefficient (Wildman–Crippen LogP) is 2.73. The molecule has 1 fully saturated rings. The molecule has 0 aliphatic carbocycles. The van der Waals surface area contributed by atoms with Crippen LogP contribution in [-0.4, -0.2) is 28.5 Å². The zero-order valence-corrected chi connectivity index (χ0v) is 11.5. The Balaban J connectivity index is 2.23. The lowest BCUT2D eigenvalue weighted by Gasteiger charge is -2.37. The maximum Gasteiger partial charge on any atom is 0.0500 e. The summed E-state index contributed by atoms with van der Waals surface area (Å²) in [5.74, 6) is 0. The fourth-order valence-corrected chi connectivity index (χ4v) is 3.07. The first-order chi connectivity index (χ1) is 8.70. The molecule has 2 heterocycles. The first-order valence-corrected chi connectivity index (χ1v) is 7.11. The Morgan fingerprint density at radius 1 is 1.28 bits per heavy atom. The van der Waals surface area contributed by atoms with Gasteiger partial charge in [-0.05, 0) is 50.9 Å². The number of aromatic nitrogens is 1. The lowest BCUT2D eigenvalue weighted by atomic mass is 9.98. The molecule has 0 spiro atoms. The summed E-state index contributed by atoms with van der Waals surface area (Å²) in [4.78, 5) is 6.70. The van der Waals surface area contributed by atoms with E-state index in [1.807, 2.05) is 12.4 Å². The van der Waals surface area contributed by atoms with Gasteiger partial charge in [0.15, 0.2) is 0 Å². The number of hydrogen-bond acceptors (Lipinski definition) is 3. The second kappa shape index (κ2) is 6.30. The molecule has 0 aromatic carbocycles. The molecule has 3 unspecified atom stereocenters. The van der Waals surface area contributed by atoms with Gasteiger partial charge in [-0.3, -0.25) is 9.88 Å². The van der Waals surface area contributed by atoms with Gasteiger partial charge >= 0.3 is 0 Å². The maximum atomic E-state index is 6.25. The molecule has 1 saturated heterocycles. The van der Waals surface area contributed by atoms with Crippen LogP contribution in [0.15, 0.2) is 24.5 Å². The van der Waals surface area contributed by atoms with E-state index in [0.717, 1.165) is 6.54 Å². The molecule has 3 atom stereocenters. The van der Waals surface area contributed by atoms with Gasteiger partial charge in [0.1, 0.15) is 0 Å². The molecule has 1 aromatic heterocycles. The summed E-state index contributed by atoms with van der Waals surface area (Å²) in [5.41, 5.74) is 7.55. The van der Waals surface area contributed by atoms with Crippen LogP contribution in [0.2, 0.25) is 0 Å². The van der Waals surface area contributed by atoms with Gasteiger partial charge < -0.3 is 5.73 Å². The number of nitrogens with two attached hydrogens (primary N) is 1. The molecule has 3 nitrogen and oxygen atoms in total. The van der Waals surface area contributed by atoms with Gasteiger partial charge in [0, 0.05) is 30.5 Å². The zero-order valence-electron chi connectivity index (χ0n) is 11.5. The molecule has 18 heavy (non-hydrogen) atoms. The first kappa shape index (κ1) is 13.5. The standard InChI is InChI=1S/C15H25N3/c1-12-6-4-3-5-11-18(12)15(13(2)16)14-7-9-17-10-8-14/h7-10,12-13,15H,3-6,11,16H2,1-2H3. The van der Waals surface area contributed by atoms with Crippen molar-refractivity contribution >= 4 is 0 Å². The Labute approximate surface area is 110 Å². The van der Waals surface area contributed by atoms with Crippen molar-refractivity contribution in [1.82, 2.24) is 9.88 Å². The third-order valence-electron chi connectivity index (χ3n) is 4.01. The van der Waals surface area contributed by atoms with Crippen molar-refractivity contribution in [1.29, 1.82) is 0 Å². The number of hydrogen-bond donors (Lipinski definition) is 1. The van der Waals surface area contributed by atoms with Crippen LogP contribution in [0, 0.1) is 0 Å². The highest BCUT2D eigenvalue weighted by molar-refractivity contribution is 5.17. The van der Waals surface area contributed by atoms with Gasteiger partial charge in [-0.15, -0.1) is 0 Å². The third kappa shape index (κ3) is 3.09. The van der Waals surface area contributed by atoms with E-state index in [0.29, 0.717) is 12.1 Å². The average molecular weight is 247 g/mol. The SMILES string of the molecule is CC(N)C(c1ccncc1)N1CCCCCC1C. The van der Waals surface area contributed by atoms with Gasteiger partial charge in [0.05, 0.1) is 0 Å². The summed E-state index contributed by atoms with van der Waals surface area (Å²) in [6, 6.07) is 5.29. The lowest BCUT2D eigenvalue weighted by molar-refractivity contribution is 0.130. The lowest BCUT2D eigenvalue weighted by Crippen LogP contribution is -2.44. The number of pyridine rings is 1. The Morgan fingerprint density at radius 3 is 2.67 bits per heavy atom. The summed E-state index contributed by atoms with van der Waals surface area (Å²) in [6.45, 7) is 5.61. The van der Waals surface area contributed by atoms with Crippen LogP contribution in [0.3, 0.4) is 0 Å². The Hall–Kier alpha value is -0.930. The zero-order chi connectivity index (χ0) is 13.0. The molecular formula is C15H25N3. The highest BCUT2D eigenvalue weighted by atomic mass is 15.2. The van der Waals surface area contributed by atoms with Crippen molar-refractivity contribution in [3.8, 4) is 0 Å². The molecular weight excluding hydrogens is 222 g/mol.